The summed E-state index contributed by atoms with van der Waals surface area (Å²) in [5.41, 5.74) is -0.0989. The van der Waals surface area contributed by atoms with E-state index in [1.54, 1.807) is 0 Å². The number of hydrogen-bond acceptors (Lipinski definition) is 5. The monoisotopic (exact) mass is 261 g/mol. The van der Waals surface area contributed by atoms with E-state index in [1.807, 2.05) is 0 Å². The van der Waals surface area contributed by atoms with Crippen molar-refractivity contribution in [2.24, 2.45) is 0 Å². The first-order valence-electron chi connectivity index (χ1n) is 5.52. The molecule has 0 spiro atoms. The molecule has 19 heavy (non-hydrogen) atoms. The highest BCUT2D eigenvalue weighted by Crippen LogP contribution is 2.24. The van der Waals surface area contributed by atoms with Gasteiger partial charge in [-0.2, -0.15) is 4.73 Å². The number of nitrogens with zero attached hydrogens (tertiary/aromatic N) is 1. The summed E-state index contributed by atoms with van der Waals surface area (Å²) in [6.07, 6.45) is 2.18. The maximum absolute atomic E-state index is 12.0. The highest BCUT2D eigenvalue weighted by Gasteiger charge is 2.35. The van der Waals surface area contributed by atoms with Crippen LogP contribution in [0.1, 0.15) is 42.5 Å². The van der Waals surface area contributed by atoms with Crippen LogP contribution in [-0.2, 0) is 4.74 Å². The van der Waals surface area contributed by atoms with Crippen molar-refractivity contribution >= 4 is 17.5 Å². The van der Waals surface area contributed by atoms with Gasteiger partial charge in [-0.1, -0.05) is 0 Å². The maximum atomic E-state index is 12.0. The van der Waals surface area contributed by atoms with Crippen LogP contribution in [0.5, 0.6) is 0 Å². The van der Waals surface area contributed by atoms with Crippen molar-refractivity contribution in [1.82, 2.24) is 0 Å². The standard InChI is InChI=1S/C13H11NO5/c1-6-10-8(15)4-5-9(16)12(10)11(13(17)19-3)7(2)14(6)18/h4-5H,1-3H3. The highest BCUT2D eigenvalue weighted by atomic mass is 16.5. The fourth-order valence-electron chi connectivity index (χ4n) is 2.16. The van der Waals surface area contributed by atoms with E-state index < -0.39 is 17.5 Å². The quantitative estimate of drug-likeness (QED) is 0.421. The number of fused-ring (bicyclic) bond motifs is 1. The minimum absolute atomic E-state index is 0.0338. The molecule has 1 aliphatic rings. The summed E-state index contributed by atoms with van der Waals surface area (Å²) in [4.78, 5) is 35.5. The lowest BCUT2D eigenvalue weighted by Crippen LogP contribution is -2.40. The third kappa shape index (κ3) is 1.72. The molecular formula is C13H11NO5. The molecule has 0 radical (unpaired) electrons. The van der Waals surface area contributed by atoms with E-state index in [2.05, 4.69) is 4.74 Å². The summed E-state index contributed by atoms with van der Waals surface area (Å²) in [6.45, 7) is 2.84. The lowest BCUT2D eigenvalue weighted by molar-refractivity contribution is -0.619. The lowest BCUT2D eigenvalue weighted by Gasteiger charge is -2.17. The SMILES string of the molecule is COC(=O)c1c2c(c(C)[n+]([O-])c1C)C(=O)C=CC2=O. The van der Waals surface area contributed by atoms with Gasteiger partial charge in [-0.3, -0.25) is 9.59 Å². The number of aromatic nitrogens is 1. The average molecular weight is 261 g/mol. The van der Waals surface area contributed by atoms with Gasteiger partial charge in [0, 0.05) is 13.8 Å². The molecule has 0 saturated heterocycles. The first-order chi connectivity index (χ1) is 8.90. The molecule has 0 amide bonds. The number of esters is 1. The molecular weight excluding hydrogens is 250 g/mol. The van der Waals surface area contributed by atoms with Crippen LogP contribution in [0.2, 0.25) is 0 Å². The minimum Gasteiger partial charge on any atom is -0.618 e. The summed E-state index contributed by atoms with van der Waals surface area (Å²) < 4.78 is 5.05. The molecule has 0 atom stereocenters. The van der Waals surface area contributed by atoms with Crippen LogP contribution >= 0.6 is 0 Å². The second-order valence-corrected chi connectivity index (χ2v) is 4.14. The van der Waals surface area contributed by atoms with Crippen LogP contribution in [0, 0.1) is 19.1 Å². The van der Waals surface area contributed by atoms with Gasteiger partial charge in [0.15, 0.2) is 11.6 Å². The zero-order chi connectivity index (χ0) is 14.3. The highest BCUT2D eigenvalue weighted by molar-refractivity contribution is 6.25. The number of carbonyl (C=O) groups excluding carboxylic acids is 3. The Kier molecular flexibility index (Phi) is 2.94. The van der Waals surface area contributed by atoms with E-state index in [-0.39, 0.29) is 28.1 Å². The van der Waals surface area contributed by atoms with Crippen LogP contribution in [-0.4, -0.2) is 24.6 Å². The van der Waals surface area contributed by atoms with Gasteiger partial charge in [-0.15, -0.1) is 0 Å². The van der Waals surface area contributed by atoms with Gasteiger partial charge in [0.2, 0.25) is 11.4 Å². The van der Waals surface area contributed by atoms with Crippen molar-refractivity contribution in [1.29, 1.82) is 0 Å². The summed E-state index contributed by atoms with van der Waals surface area (Å²) in [5, 5.41) is 12.0. The molecule has 1 aliphatic carbocycles. The Balaban J connectivity index is 2.95. The molecule has 0 aromatic carbocycles. The Hall–Kier alpha value is -2.50. The lowest BCUT2D eigenvalue weighted by atomic mass is 9.89. The Morgan fingerprint density at radius 1 is 1.11 bits per heavy atom. The molecule has 0 unspecified atom stereocenters. The van der Waals surface area contributed by atoms with Crippen LogP contribution in [0.4, 0.5) is 0 Å². The number of rotatable bonds is 1. The minimum atomic E-state index is -0.810. The van der Waals surface area contributed by atoms with E-state index in [9.17, 15) is 19.6 Å². The average Bonchev–Trinajstić information content (AvgIpc) is 2.39. The Labute approximate surface area is 108 Å². The van der Waals surface area contributed by atoms with E-state index in [4.69, 9.17) is 0 Å². The first-order valence-corrected chi connectivity index (χ1v) is 5.52. The number of carbonyl (C=O) groups is 3. The molecule has 6 nitrogen and oxygen atoms in total. The van der Waals surface area contributed by atoms with Crippen molar-refractivity contribution in [3.05, 3.63) is 45.4 Å². The van der Waals surface area contributed by atoms with Gasteiger partial charge in [0.1, 0.15) is 11.1 Å². The normalized spacial score (nSPS) is 13.4. The second kappa shape index (κ2) is 4.31. The predicted octanol–water partition coefficient (Wildman–Crippen LogP) is 0.659. The molecule has 1 heterocycles. The second-order valence-electron chi connectivity index (χ2n) is 4.14. The zero-order valence-corrected chi connectivity index (χ0v) is 10.6. The Morgan fingerprint density at radius 2 is 1.63 bits per heavy atom. The smallest absolute Gasteiger partial charge is 0.345 e. The molecule has 0 fully saturated rings. The van der Waals surface area contributed by atoms with E-state index >= 15 is 0 Å². The number of methoxy groups -OCH3 is 1. The van der Waals surface area contributed by atoms with Crippen molar-refractivity contribution < 1.29 is 23.9 Å². The van der Waals surface area contributed by atoms with Gasteiger partial charge in [0.05, 0.1) is 12.7 Å². The van der Waals surface area contributed by atoms with Gasteiger partial charge in [-0.05, 0) is 12.2 Å². The first kappa shape index (κ1) is 12.9. The van der Waals surface area contributed by atoms with Crippen molar-refractivity contribution in [2.75, 3.05) is 7.11 Å². The molecule has 1 aromatic rings. The van der Waals surface area contributed by atoms with E-state index in [0.29, 0.717) is 4.73 Å². The third-order valence-electron chi connectivity index (χ3n) is 3.10. The van der Waals surface area contributed by atoms with E-state index in [0.717, 1.165) is 19.3 Å². The van der Waals surface area contributed by atoms with Crippen molar-refractivity contribution in [2.45, 2.75) is 13.8 Å². The summed E-state index contributed by atoms with van der Waals surface area (Å²) in [6, 6.07) is 0. The number of hydrogen-bond donors (Lipinski definition) is 0. The van der Waals surface area contributed by atoms with Crippen LogP contribution in [0.25, 0.3) is 0 Å². The molecule has 98 valence electrons. The van der Waals surface area contributed by atoms with Crippen molar-refractivity contribution in [3.8, 4) is 0 Å². The Bertz CT molecular complexity index is 658. The number of ketones is 2. The van der Waals surface area contributed by atoms with Gasteiger partial charge in [0.25, 0.3) is 0 Å². The largest absolute Gasteiger partial charge is 0.618 e. The number of allylic oxidation sites excluding steroid dienone is 2. The number of pyridine rings is 1. The third-order valence-corrected chi connectivity index (χ3v) is 3.10. The molecule has 0 N–H and O–H groups in total. The predicted molar refractivity (Wildman–Crippen MR) is 64.0 cm³/mol. The molecule has 2 rings (SSSR count). The van der Waals surface area contributed by atoms with E-state index in [1.165, 1.54) is 13.8 Å². The van der Waals surface area contributed by atoms with Crippen molar-refractivity contribution in [3.63, 3.8) is 0 Å². The topological polar surface area (TPSA) is 87.4 Å². The molecule has 1 aromatic heterocycles. The molecule has 0 bridgehead atoms. The molecule has 0 saturated carbocycles. The molecule has 0 aliphatic heterocycles. The van der Waals surface area contributed by atoms with Crippen LogP contribution < -0.4 is 4.73 Å². The van der Waals surface area contributed by atoms with Crippen LogP contribution in [0.15, 0.2) is 12.2 Å². The summed E-state index contributed by atoms with van der Waals surface area (Å²) >= 11 is 0. The van der Waals surface area contributed by atoms with Crippen LogP contribution in [0.3, 0.4) is 0 Å². The van der Waals surface area contributed by atoms with Gasteiger partial charge >= 0.3 is 5.97 Å². The molecule has 6 heteroatoms. The van der Waals surface area contributed by atoms with Gasteiger partial charge < -0.3 is 9.94 Å². The fourth-order valence-corrected chi connectivity index (χ4v) is 2.16. The van der Waals surface area contributed by atoms with Gasteiger partial charge in [-0.25, -0.2) is 4.79 Å². The number of ether oxygens (including phenoxy) is 1. The Morgan fingerprint density at radius 3 is 2.16 bits per heavy atom. The maximum Gasteiger partial charge on any atom is 0.345 e. The summed E-state index contributed by atoms with van der Waals surface area (Å²) in [5.74, 6) is -1.77. The zero-order valence-electron chi connectivity index (χ0n) is 10.6. The fraction of sp³-hybridized carbons (Fsp3) is 0.231. The summed E-state index contributed by atoms with van der Waals surface area (Å²) in [7, 11) is 1.15.